The van der Waals surface area contributed by atoms with Gasteiger partial charge >= 0.3 is 0 Å². The number of nitriles is 1. The summed E-state index contributed by atoms with van der Waals surface area (Å²) in [5, 5.41) is 9.78. The summed E-state index contributed by atoms with van der Waals surface area (Å²) in [5.41, 5.74) is 0.0418. The van der Waals surface area contributed by atoms with Crippen LogP contribution >= 0.6 is 0 Å². The van der Waals surface area contributed by atoms with Gasteiger partial charge in [-0.05, 0) is 81.0 Å². The summed E-state index contributed by atoms with van der Waals surface area (Å²) in [7, 11) is 0. The van der Waals surface area contributed by atoms with Crippen LogP contribution in [0.2, 0.25) is 0 Å². The van der Waals surface area contributed by atoms with Crippen molar-refractivity contribution < 1.29 is 0 Å². The molecule has 4 unspecified atom stereocenters. The molecule has 0 heterocycles. The monoisotopic (exact) mass is 329 g/mol. The van der Waals surface area contributed by atoms with Crippen LogP contribution in [0.25, 0.3) is 0 Å². The van der Waals surface area contributed by atoms with Crippen LogP contribution in [-0.4, -0.2) is 0 Å². The summed E-state index contributed by atoms with van der Waals surface area (Å²) in [6, 6.07) is 2.76. The molecule has 1 heteroatoms. The first kappa shape index (κ1) is 18.3. The number of rotatable bonds is 6. The number of fused-ring (bicyclic) bond motifs is 3. The van der Waals surface area contributed by atoms with Gasteiger partial charge in [0.1, 0.15) is 0 Å². The summed E-state index contributed by atoms with van der Waals surface area (Å²) >= 11 is 0. The van der Waals surface area contributed by atoms with Crippen LogP contribution in [0.5, 0.6) is 0 Å². The van der Waals surface area contributed by atoms with Crippen LogP contribution < -0.4 is 0 Å². The van der Waals surface area contributed by atoms with Crippen LogP contribution in [0.4, 0.5) is 0 Å². The summed E-state index contributed by atoms with van der Waals surface area (Å²) in [4.78, 5) is 0. The van der Waals surface area contributed by atoms with Crippen LogP contribution in [0, 0.1) is 46.3 Å². The maximum atomic E-state index is 9.78. The van der Waals surface area contributed by atoms with Gasteiger partial charge in [0, 0.05) is 0 Å². The molecule has 0 amide bonds. The highest BCUT2D eigenvalue weighted by atomic mass is 14.5. The molecule has 0 aromatic rings. The Labute approximate surface area is 150 Å². The van der Waals surface area contributed by atoms with E-state index in [0.717, 1.165) is 36.0 Å². The third-order valence-corrected chi connectivity index (χ3v) is 8.00. The van der Waals surface area contributed by atoms with E-state index in [1.807, 2.05) is 0 Å². The lowest BCUT2D eigenvalue weighted by Crippen LogP contribution is -2.44. The summed E-state index contributed by atoms with van der Waals surface area (Å²) in [6.07, 6.45) is 19.3. The predicted octanol–water partition coefficient (Wildman–Crippen LogP) is 7.12. The number of unbranched alkanes of at least 4 members (excludes halogenated alkanes) is 2. The fraction of sp³-hybridized carbons (Fsp3) is 0.957. The molecule has 3 saturated carbocycles. The molecule has 0 aromatic carbocycles. The van der Waals surface area contributed by atoms with Crippen molar-refractivity contribution in [1.29, 1.82) is 5.26 Å². The number of hydrogen-bond donors (Lipinski definition) is 0. The average Bonchev–Trinajstić information content (AvgIpc) is 2.61. The Morgan fingerprint density at radius 3 is 2.46 bits per heavy atom. The molecule has 136 valence electrons. The van der Waals surface area contributed by atoms with Crippen molar-refractivity contribution in [3.63, 3.8) is 0 Å². The fourth-order valence-corrected chi connectivity index (χ4v) is 6.83. The van der Waals surface area contributed by atoms with E-state index in [-0.39, 0.29) is 5.41 Å². The molecule has 6 atom stereocenters. The van der Waals surface area contributed by atoms with Crippen molar-refractivity contribution in [2.45, 2.75) is 104 Å². The van der Waals surface area contributed by atoms with Gasteiger partial charge in [-0.2, -0.15) is 5.26 Å². The van der Waals surface area contributed by atoms with Crippen LogP contribution in [-0.2, 0) is 0 Å². The first-order valence-corrected chi connectivity index (χ1v) is 11.1. The molecule has 0 spiro atoms. The normalized spacial score (nSPS) is 42.0. The Bertz CT molecular complexity index is 436. The standard InChI is InChI=1S/C23H39N/c1-3-5-6-7-18-8-11-21-19(15-18)9-10-20-16-23(17-24,13-4-2)14-12-22(20)21/h18-22H,3-16H2,1-2H3/t18-,19?,20?,21?,22?,23+/m0/s1. The Morgan fingerprint density at radius 2 is 1.71 bits per heavy atom. The zero-order chi connectivity index (χ0) is 17.0. The minimum Gasteiger partial charge on any atom is -0.198 e. The fourth-order valence-electron chi connectivity index (χ4n) is 6.83. The number of nitrogens with zero attached hydrogens (tertiary/aromatic N) is 1. The highest BCUT2D eigenvalue weighted by Gasteiger charge is 2.48. The van der Waals surface area contributed by atoms with E-state index < -0.39 is 0 Å². The van der Waals surface area contributed by atoms with Gasteiger partial charge in [0.25, 0.3) is 0 Å². The quantitative estimate of drug-likeness (QED) is 0.476. The predicted molar refractivity (Wildman–Crippen MR) is 101 cm³/mol. The molecule has 0 N–H and O–H groups in total. The minimum absolute atomic E-state index is 0.0418. The Hall–Kier alpha value is -0.510. The van der Waals surface area contributed by atoms with E-state index in [0.29, 0.717) is 0 Å². The third kappa shape index (κ3) is 3.84. The average molecular weight is 330 g/mol. The second-order valence-corrected chi connectivity index (χ2v) is 9.49. The second-order valence-electron chi connectivity index (χ2n) is 9.49. The maximum absolute atomic E-state index is 9.78. The lowest BCUT2D eigenvalue weighted by molar-refractivity contribution is -0.0178. The molecule has 0 bridgehead atoms. The zero-order valence-electron chi connectivity index (χ0n) is 16.2. The molecule has 0 aromatic heterocycles. The molecule has 3 aliphatic carbocycles. The Morgan fingerprint density at radius 1 is 0.917 bits per heavy atom. The van der Waals surface area contributed by atoms with Gasteiger partial charge in [-0.15, -0.1) is 0 Å². The lowest BCUT2D eigenvalue weighted by atomic mass is 9.52. The largest absolute Gasteiger partial charge is 0.198 e. The van der Waals surface area contributed by atoms with Crippen molar-refractivity contribution in [2.75, 3.05) is 0 Å². The van der Waals surface area contributed by atoms with E-state index in [1.54, 1.807) is 0 Å². The Balaban J connectivity index is 1.56. The first-order valence-electron chi connectivity index (χ1n) is 11.1. The molecule has 0 aliphatic heterocycles. The van der Waals surface area contributed by atoms with Crippen molar-refractivity contribution in [3.05, 3.63) is 0 Å². The van der Waals surface area contributed by atoms with E-state index >= 15 is 0 Å². The van der Waals surface area contributed by atoms with E-state index in [4.69, 9.17) is 0 Å². The summed E-state index contributed by atoms with van der Waals surface area (Å²) < 4.78 is 0. The summed E-state index contributed by atoms with van der Waals surface area (Å²) in [6.45, 7) is 4.57. The lowest BCUT2D eigenvalue weighted by Gasteiger charge is -2.52. The highest BCUT2D eigenvalue weighted by molar-refractivity contribution is 5.06. The SMILES string of the molecule is CCCCC[C@H]1CCC2C(CCC3C[C@@](C#N)(CCC)CCC32)C1. The molecular weight excluding hydrogens is 290 g/mol. The number of hydrogen-bond acceptors (Lipinski definition) is 1. The van der Waals surface area contributed by atoms with Gasteiger partial charge in [-0.3, -0.25) is 0 Å². The van der Waals surface area contributed by atoms with Gasteiger partial charge < -0.3 is 0 Å². The van der Waals surface area contributed by atoms with Gasteiger partial charge in [0.2, 0.25) is 0 Å². The molecule has 0 radical (unpaired) electrons. The van der Waals surface area contributed by atoms with Gasteiger partial charge in [-0.25, -0.2) is 0 Å². The molecule has 0 saturated heterocycles. The molecule has 24 heavy (non-hydrogen) atoms. The summed E-state index contributed by atoms with van der Waals surface area (Å²) in [5.74, 6) is 4.94. The molecular formula is C23H39N. The third-order valence-electron chi connectivity index (χ3n) is 8.00. The van der Waals surface area contributed by atoms with Crippen LogP contribution in [0.1, 0.15) is 104 Å². The smallest absolute Gasteiger partial charge is 0.0689 e. The van der Waals surface area contributed by atoms with E-state index in [1.165, 1.54) is 83.5 Å². The van der Waals surface area contributed by atoms with Crippen molar-refractivity contribution in [2.24, 2.45) is 35.0 Å². The topological polar surface area (TPSA) is 23.8 Å². The van der Waals surface area contributed by atoms with Crippen molar-refractivity contribution in [1.82, 2.24) is 0 Å². The van der Waals surface area contributed by atoms with Gasteiger partial charge in [-0.1, -0.05) is 52.4 Å². The Kier molecular flexibility index (Phi) is 6.28. The van der Waals surface area contributed by atoms with Crippen molar-refractivity contribution >= 4 is 0 Å². The highest BCUT2D eigenvalue weighted by Crippen LogP contribution is 2.56. The second kappa shape index (κ2) is 8.25. The van der Waals surface area contributed by atoms with Crippen LogP contribution in [0.3, 0.4) is 0 Å². The first-order chi connectivity index (χ1) is 11.7. The molecule has 1 nitrogen and oxygen atoms in total. The molecule has 3 fully saturated rings. The van der Waals surface area contributed by atoms with E-state index in [2.05, 4.69) is 19.9 Å². The minimum atomic E-state index is 0.0418. The van der Waals surface area contributed by atoms with Gasteiger partial charge in [0.15, 0.2) is 0 Å². The van der Waals surface area contributed by atoms with Gasteiger partial charge in [0.05, 0.1) is 11.5 Å². The van der Waals surface area contributed by atoms with Crippen LogP contribution in [0.15, 0.2) is 0 Å². The van der Waals surface area contributed by atoms with Crippen molar-refractivity contribution in [3.8, 4) is 6.07 Å². The molecule has 3 aliphatic rings. The zero-order valence-corrected chi connectivity index (χ0v) is 16.2. The molecule has 3 rings (SSSR count). The maximum Gasteiger partial charge on any atom is 0.0689 e. The van der Waals surface area contributed by atoms with E-state index in [9.17, 15) is 5.26 Å².